The maximum atomic E-state index is 12.4. The number of benzene rings is 1. The largest absolute Gasteiger partial charge is 0.375 e. The fourth-order valence-electron chi connectivity index (χ4n) is 3.96. The molecule has 1 saturated heterocycles. The predicted octanol–water partition coefficient (Wildman–Crippen LogP) is 1.17. The third-order valence-electron chi connectivity index (χ3n) is 5.54. The second-order valence-electron chi connectivity index (χ2n) is 7.52. The Labute approximate surface area is 164 Å². The van der Waals surface area contributed by atoms with Crippen molar-refractivity contribution in [2.45, 2.75) is 20.0 Å². The standard InChI is InChI=1S/C21H27N5O2/c1-3-26-20(27)18-7-6-16(13-19(18)22-21(26)28)14-24-9-11-25(12-10-24)17-5-4-8-23(2)15-17/h4-7,13,15H,3,8-12,14H2,1-2H3,(H,22,28). The topological polar surface area (TPSA) is 64.6 Å². The molecule has 1 aromatic carbocycles. The highest BCUT2D eigenvalue weighted by Crippen LogP contribution is 2.17. The van der Waals surface area contributed by atoms with Crippen LogP contribution in [0.3, 0.4) is 0 Å². The van der Waals surface area contributed by atoms with Crippen molar-refractivity contribution in [3.05, 3.63) is 68.6 Å². The predicted molar refractivity (Wildman–Crippen MR) is 111 cm³/mol. The number of hydrogen-bond acceptors (Lipinski definition) is 5. The summed E-state index contributed by atoms with van der Waals surface area (Å²) in [6, 6.07) is 5.76. The molecule has 1 fully saturated rings. The molecular formula is C21H27N5O2. The van der Waals surface area contributed by atoms with E-state index in [1.165, 1.54) is 10.3 Å². The van der Waals surface area contributed by atoms with Crippen LogP contribution in [0.5, 0.6) is 0 Å². The zero-order chi connectivity index (χ0) is 19.7. The Hall–Kier alpha value is -2.80. The third-order valence-corrected chi connectivity index (χ3v) is 5.54. The summed E-state index contributed by atoms with van der Waals surface area (Å²) >= 11 is 0. The smallest absolute Gasteiger partial charge is 0.328 e. The SMILES string of the molecule is CCn1c(=O)[nH]c2cc(CN3CCN(C4=CN(C)CC=C4)CC3)ccc2c1=O. The molecule has 2 aliphatic heterocycles. The van der Waals surface area contributed by atoms with Gasteiger partial charge in [0, 0.05) is 59.1 Å². The molecule has 2 aliphatic rings. The lowest BCUT2D eigenvalue weighted by Crippen LogP contribution is -2.45. The number of aromatic amines is 1. The number of rotatable bonds is 4. The number of likely N-dealkylation sites (N-methyl/N-ethyl adjacent to an activating group) is 1. The number of aromatic nitrogens is 2. The Morgan fingerprint density at radius 3 is 2.61 bits per heavy atom. The van der Waals surface area contributed by atoms with Crippen LogP contribution in [-0.4, -0.2) is 64.0 Å². The molecule has 0 radical (unpaired) electrons. The molecule has 0 atom stereocenters. The third kappa shape index (κ3) is 3.62. The van der Waals surface area contributed by atoms with Crippen molar-refractivity contribution in [3.8, 4) is 0 Å². The number of H-pyrrole nitrogens is 1. The molecule has 28 heavy (non-hydrogen) atoms. The van der Waals surface area contributed by atoms with Gasteiger partial charge in [-0.1, -0.05) is 12.1 Å². The molecule has 148 valence electrons. The van der Waals surface area contributed by atoms with E-state index in [2.05, 4.69) is 45.1 Å². The highest BCUT2D eigenvalue weighted by Gasteiger charge is 2.19. The average Bonchev–Trinajstić information content (AvgIpc) is 2.69. The molecule has 7 heteroatoms. The van der Waals surface area contributed by atoms with Gasteiger partial charge in [0.25, 0.3) is 5.56 Å². The molecule has 1 aromatic heterocycles. The van der Waals surface area contributed by atoms with Gasteiger partial charge in [0.15, 0.2) is 0 Å². The fourth-order valence-corrected chi connectivity index (χ4v) is 3.96. The van der Waals surface area contributed by atoms with Gasteiger partial charge in [0.2, 0.25) is 0 Å². The summed E-state index contributed by atoms with van der Waals surface area (Å²) in [6.45, 7) is 7.92. The molecule has 2 aromatic rings. The second-order valence-corrected chi connectivity index (χ2v) is 7.52. The maximum absolute atomic E-state index is 12.4. The minimum absolute atomic E-state index is 0.222. The number of hydrogen-bond donors (Lipinski definition) is 1. The van der Waals surface area contributed by atoms with Gasteiger partial charge < -0.3 is 14.8 Å². The van der Waals surface area contributed by atoms with Crippen molar-refractivity contribution < 1.29 is 0 Å². The van der Waals surface area contributed by atoms with E-state index in [0.717, 1.165) is 44.8 Å². The number of fused-ring (bicyclic) bond motifs is 1. The summed E-state index contributed by atoms with van der Waals surface area (Å²) in [5.74, 6) is 0. The molecule has 0 spiro atoms. The Bertz CT molecular complexity index is 1040. The maximum Gasteiger partial charge on any atom is 0.328 e. The van der Waals surface area contributed by atoms with Crippen molar-refractivity contribution in [1.82, 2.24) is 24.3 Å². The number of nitrogens with zero attached hydrogens (tertiary/aromatic N) is 4. The van der Waals surface area contributed by atoms with Crippen LogP contribution in [-0.2, 0) is 13.1 Å². The van der Waals surface area contributed by atoms with Gasteiger partial charge >= 0.3 is 5.69 Å². The van der Waals surface area contributed by atoms with Crippen molar-refractivity contribution in [1.29, 1.82) is 0 Å². The summed E-state index contributed by atoms with van der Waals surface area (Å²) in [4.78, 5) is 34.4. The Morgan fingerprint density at radius 2 is 1.89 bits per heavy atom. The van der Waals surface area contributed by atoms with Crippen molar-refractivity contribution in [2.24, 2.45) is 0 Å². The van der Waals surface area contributed by atoms with E-state index in [1.807, 2.05) is 18.2 Å². The Morgan fingerprint density at radius 1 is 1.11 bits per heavy atom. The molecular weight excluding hydrogens is 354 g/mol. The van der Waals surface area contributed by atoms with Gasteiger partial charge in [-0.25, -0.2) is 4.79 Å². The van der Waals surface area contributed by atoms with Crippen molar-refractivity contribution >= 4 is 10.9 Å². The molecule has 1 N–H and O–H groups in total. The summed E-state index contributed by atoms with van der Waals surface area (Å²) in [5, 5.41) is 0.565. The van der Waals surface area contributed by atoms with E-state index in [-0.39, 0.29) is 11.2 Å². The molecule has 0 unspecified atom stereocenters. The van der Waals surface area contributed by atoms with Crippen LogP contribution < -0.4 is 11.2 Å². The van der Waals surface area contributed by atoms with Gasteiger partial charge in [-0.2, -0.15) is 0 Å². The van der Waals surface area contributed by atoms with E-state index >= 15 is 0 Å². The summed E-state index contributed by atoms with van der Waals surface area (Å²) < 4.78 is 1.23. The summed E-state index contributed by atoms with van der Waals surface area (Å²) in [5.41, 5.74) is 2.45. The zero-order valence-corrected chi connectivity index (χ0v) is 16.5. The summed E-state index contributed by atoms with van der Waals surface area (Å²) in [6.07, 6.45) is 6.61. The molecule has 4 rings (SSSR count). The first-order valence-electron chi connectivity index (χ1n) is 9.87. The second kappa shape index (κ2) is 7.67. The quantitative estimate of drug-likeness (QED) is 0.861. The first kappa shape index (κ1) is 18.6. The Kier molecular flexibility index (Phi) is 5.09. The normalized spacial score (nSPS) is 18.0. The van der Waals surface area contributed by atoms with E-state index in [9.17, 15) is 9.59 Å². The van der Waals surface area contributed by atoms with Crippen LogP contribution in [0.15, 0.2) is 51.8 Å². The highest BCUT2D eigenvalue weighted by molar-refractivity contribution is 5.77. The van der Waals surface area contributed by atoms with Crippen molar-refractivity contribution in [3.63, 3.8) is 0 Å². The van der Waals surface area contributed by atoms with Gasteiger partial charge in [0.05, 0.1) is 16.6 Å². The minimum atomic E-state index is -0.343. The first-order valence-corrected chi connectivity index (χ1v) is 9.87. The number of piperazine rings is 1. The zero-order valence-electron chi connectivity index (χ0n) is 16.5. The van der Waals surface area contributed by atoms with Gasteiger partial charge in [0.1, 0.15) is 0 Å². The lowest BCUT2D eigenvalue weighted by Gasteiger charge is -2.37. The van der Waals surface area contributed by atoms with E-state index < -0.39 is 0 Å². The molecule has 3 heterocycles. The molecule has 0 bridgehead atoms. The van der Waals surface area contributed by atoms with Crippen LogP contribution >= 0.6 is 0 Å². The lowest BCUT2D eigenvalue weighted by molar-refractivity contribution is 0.154. The van der Waals surface area contributed by atoms with Gasteiger partial charge in [-0.15, -0.1) is 0 Å². The van der Waals surface area contributed by atoms with Crippen LogP contribution in [0.1, 0.15) is 12.5 Å². The van der Waals surface area contributed by atoms with Crippen LogP contribution in [0.2, 0.25) is 0 Å². The van der Waals surface area contributed by atoms with E-state index in [0.29, 0.717) is 17.4 Å². The molecule has 0 amide bonds. The number of allylic oxidation sites excluding steroid dienone is 1. The molecule has 7 nitrogen and oxygen atoms in total. The van der Waals surface area contributed by atoms with Gasteiger partial charge in [-0.05, 0) is 30.7 Å². The van der Waals surface area contributed by atoms with E-state index in [1.54, 1.807) is 6.92 Å². The summed E-state index contributed by atoms with van der Waals surface area (Å²) in [7, 11) is 2.10. The molecule has 0 aliphatic carbocycles. The average molecular weight is 381 g/mol. The van der Waals surface area contributed by atoms with E-state index in [4.69, 9.17) is 0 Å². The lowest BCUT2D eigenvalue weighted by atomic mass is 10.1. The molecule has 0 saturated carbocycles. The Balaban J connectivity index is 1.45. The number of nitrogens with one attached hydrogen (secondary N) is 1. The monoisotopic (exact) mass is 381 g/mol. The fraction of sp³-hybridized carbons (Fsp3) is 0.429. The van der Waals surface area contributed by atoms with Crippen LogP contribution in [0, 0.1) is 0 Å². The first-order chi connectivity index (χ1) is 13.5. The minimum Gasteiger partial charge on any atom is -0.375 e. The van der Waals surface area contributed by atoms with Crippen molar-refractivity contribution in [2.75, 3.05) is 39.8 Å². The van der Waals surface area contributed by atoms with Crippen LogP contribution in [0.25, 0.3) is 10.9 Å². The van der Waals surface area contributed by atoms with Crippen LogP contribution in [0.4, 0.5) is 0 Å². The highest BCUT2D eigenvalue weighted by atomic mass is 16.2. The van der Waals surface area contributed by atoms with Gasteiger partial charge in [-0.3, -0.25) is 14.3 Å².